The second-order valence-electron chi connectivity index (χ2n) is 3.65. The molecule has 0 aliphatic heterocycles. The van der Waals surface area contributed by atoms with Gasteiger partial charge in [-0.25, -0.2) is 0 Å². The van der Waals surface area contributed by atoms with Crippen LogP contribution in [0.2, 0.25) is 0 Å². The van der Waals surface area contributed by atoms with Crippen molar-refractivity contribution in [3.05, 3.63) is 60.4 Å². The maximum absolute atomic E-state index is 12.0. The first-order valence-corrected chi connectivity index (χ1v) is 7.12. The summed E-state index contributed by atoms with van der Waals surface area (Å²) in [6.07, 6.45) is 2.97. The largest absolute Gasteiger partial charge is 0.396 e. The van der Waals surface area contributed by atoms with Crippen molar-refractivity contribution in [1.29, 1.82) is 0 Å². The third kappa shape index (κ3) is 3.27. The lowest BCUT2D eigenvalue weighted by atomic mass is 10.2. The van der Waals surface area contributed by atoms with Gasteiger partial charge in [0.1, 0.15) is 9.88 Å². The summed E-state index contributed by atoms with van der Waals surface area (Å²) in [5.41, 5.74) is 6.04. The summed E-state index contributed by atoms with van der Waals surface area (Å²) in [6.45, 7) is 0. The van der Waals surface area contributed by atoms with Crippen molar-refractivity contribution in [2.75, 3.05) is 0 Å². The van der Waals surface area contributed by atoms with Gasteiger partial charge >= 0.3 is 10.1 Å². The topological polar surface area (TPSA) is 73.3 Å². The molecule has 19 heavy (non-hydrogen) atoms. The number of thiocarbonyl (C=S) groups is 1. The fraction of sp³-hybridized carbons (Fsp3) is 0. The molecule has 0 aliphatic rings. The van der Waals surface area contributed by atoms with Gasteiger partial charge in [0, 0.05) is 22.4 Å². The summed E-state index contributed by atoms with van der Waals surface area (Å²) in [5, 5.41) is 0. The molecule has 1 heterocycles. The van der Waals surface area contributed by atoms with E-state index in [-0.39, 0.29) is 9.88 Å². The van der Waals surface area contributed by atoms with E-state index in [1.807, 2.05) is 0 Å². The number of nitrogens with two attached hydrogens (primary N) is 1. The standard InChI is InChI=1S/C12H10N2O3S2/c13-12(18)10-4-6-11(7-5-10)19(15,16)17-14-8-2-1-3-9-14/h1-9H,(H-,13,18)/p+1. The molecule has 0 spiro atoms. The highest BCUT2D eigenvalue weighted by Crippen LogP contribution is 2.10. The summed E-state index contributed by atoms with van der Waals surface area (Å²) in [5.74, 6) is 0. The summed E-state index contributed by atoms with van der Waals surface area (Å²) < 4.78 is 30.0. The molecular formula is C12H11N2O3S2+. The molecule has 0 aliphatic carbocycles. The predicted molar refractivity (Wildman–Crippen MR) is 72.7 cm³/mol. The van der Waals surface area contributed by atoms with Crippen molar-refractivity contribution < 1.29 is 17.4 Å². The van der Waals surface area contributed by atoms with E-state index >= 15 is 0 Å². The minimum absolute atomic E-state index is 0.0313. The molecule has 0 atom stereocenters. The Balaban J connectivity index is 2.27. The molecule has 0 saturated heterocycles. The minimum Gasteiger partial charge on any atom is -0.389 e. The van der Waals surface area contributed by atoms with E-state index < -0.39 is 10.1 Å². The van der Waals surface area contributed by atoms with Gasteiger partial charge in [0.2, 0.25) is 12.4 Å². The number of benzene rings is 1. The van der Waals surface area contributed by atoms with Crippen LogP contribution in [-0.4, -0.2) is 13.4 Å². The number of rotatable bonds is 4. The molecular weight excluding hydrogens is 284 g/mol. The maximum atomic E-state index is 12.0. The molecule has 2 aromatic rings. The number of hydrogen-bond acceptors (Lipinski definition) is 4. The second kappa shape index (κ2) is 5.33. The van der Waals surface area contributed by atoms with Crippen LogP contribution in [0.4, 0.5) is 0 Å². The monoisotopic (exact) mass is 295 g/mol. The van der Waals surface area contributed by atoms with Gasteiger partial charge < -0.3 is 5.73 Å². The number of nitrogens with zero attached hydrogens (tertiary/aromatic N) is 1. The Morgan fingerprint density at radius 3 is 2.21 bits per heavy atom. The van der Waals surface area contributed by atoms with Gasteiger partial charge in [0.25, 0.3) is 0 Å². The second-order valence-corrected chi connectivity index (χ2v) is 5.62. The third-order valence-electron chi connectivity index (χ3n) is 2.30. The van der Waals surface area contributed by atoms with Gasteiger partial charge in [-0.3, -0.25) is 0 Å². The van der Waals surface area contributed by atoms with E-state index in [1.165, 1.54) is 36.7 Å². The minimum atomic E-state index is -3.88. The molecule has 1 aromatic carbocycles. The normalized spacial score (nSPS) is 10.9. The summed E-state index contributed by atoms with van der Waals surface area (Å²) in [6, 6.07) is 10.9. The lowest BCUT2D eigenvalue weighted by Gasteiger charge is -2.02. The number of pyridine rings is 1. The molecule has 2 N–H and O–H groups in total. The van der Waals surface area contributed by atoms with E-state index in [9.17, 15) is 8.42 Å². The Bertz CT molecular complexity index is 683. The Kier molecular flexibility index (Phi) is 3.77. The first kappa shape index (κ1) is 13.4. The zero-order valence-corrected chi connectivity index (χ0v) is 11.4. The maximum Gasteiger partial charge on any atom is 0.396 e. The van der Waals surface area contributed by atoms with Crippen LogP contribution in [0.1, 0.15) is 5.56 Å². The fourth-order valence-electron chi connectivity index (χ4n) is 1.37. The molecule has 2 rings (SSSR count). The quantitative estimate of drug-likeness (QED) is 0.654. The summed E-state index contributed by atoms with van der Waals surface area (Å²) >= 11 is 4.80. The fourth-order valence-corrected chi connectivity index (χ4v) is 2.39. The van der Waals surface area contributed by atoms with Gasteiger partial charge in [0.05, 0.1) is 0 Å². The molecule has 7 heteroatoms. The average Bonchev–Trinajstić information content (AvgIpc) is 2.39. The Labute approximate surface area is 116 Å². The van der Waals surface area contributed by atoms with Gasteiger partial charge in [0.15, 0.2) is 0 Å². The van der Waals surface area contributed by atoms with Crippen molar-refractivity contribution in [2.24, 2.45) is 5.73 Å². The molecule has 0 bridgehead atoms. The van der Waals surface area contributed by atoms with E-state index in [2.05, 4.69) is 0 Å². The van der Waals surface area contributed by atoms with Crippen LogP contribution >= 0.6 is 12.2 Å². The molecule has 0 amide bonds. The van der Waals surface area contributed by atoms with Crippen molar-refractivity contribution in [3.63, 3.8) is 0 Å². The van der Waals surface area contributed by atoms with E-state index in [1.54, 1.807) is 18.2 Å². The van der Waals surface area contributed by atoms with Crippen molar-refractivity contribution >= 4 is 27.3 Å². The first-order chi connectivity index (χ1) is 8.99. The van der Waals surface area contributed by atoms with Crippen LogP contribution < -0.4 is 14.7 Å². The number of hydrogen-bond donors (Lipinski definition) is 1. The Morgan fingerprint density at radius 1 is 1.11 bits per heavy atom. The lowest BCUT2D eigenvalue weighted by Crippen LogP contribution is -2.44. The Morgan fingerprint density at radius 2 is 1.68 bits per heavy atom. The summed E-state index contributed by atoms with van der Waals surface area (Å²) in [7, 11) is -3.88. The molecule has 0 radical (unpaired) electrons. The smallest absolute Gasteiger partial charge is 0.389 e. The van der Waals surface area contributed by atoms with Crippen LogP contribution in [0.25, 0.3) is 0 Å². The first-order valence-electron chi connectivity index (χ1n) is 5.30. The van der Waals surface area contributed by atoms with E-state index in [4.69, 9.17) is 22.2 Å². The highest BCUT2D eigenvalue weighted by molar-refractivity contribution is 7.86. The van der Waals surface area contributed by atoms with Gasteiger partial charge in [-0.2, -0.15) is 8.42 Å². The highest BCUT2D eigenvalue weighted by Gasteiger charge is 2.21. The zero-order valence-electron chi connectivity index (χ0n) is 9.76. The van der Waals surface area contributed by atoms with Gasteiger partial charge in [-0.15, -0.1) is 4.28 Å². The van der Waals surface area contributed by atoms with Crippen LogP contribution in [0.5, 0.6) is 0 Å². The third-order valence-corrected chi connectivity index (χ3v) is 3.75. The van der Waals surface area contributed by atoms with E-state index in [0.717, 1.165) is 4.73 Å². The molecule has 1 aromatic heterocycles. The zero-order chi connectivity index (χ0) is 13.9. The molecule has 0 unspecified atom stereocenters. The molecule has 98 valence electrons. The highest BCUT2D eigenvalue weighted by atomic mass is 32.2. The van der Waals surface area contributed by atoms with Gasteiger partial charge in [-0.05, 0) is 12.1 Å². The van der Waals surface area contributed by atoms with Crippen LogP contribution in [-0.2, 0) is 10.1 Å². The van der Waals surface area contributed by atoms with Crippen LogP contribution in [0.3, 0.4) is 0 Å². The SMILES string of the molecule is NC(=S)c1ccc(S(=O)(=O)O[n+]2ccccc2)cc1. The van der Waals surface area contributed by atoms with Crippen molar-refractivity contribution in [2.45, 2.75) is 4.90 Å². The van der Waals surface area contributed by atoms with Crippen LogP contribution in [0, 0.1) is 0 Å². The van der Waals surface area contributed by atoms with Gasteiger partial charge in [-0.1, -0.05) is 30.4 Å². The number of aromatic nitrogens is 1. The van der Waals surface area contributed by atoms with Crippen molar-refractivity contribution in [1.82, 2.24) is 0 Å². The molecule has 5 nitrogen and oxygen atoms in total. The predicted octanol–water partition coefficient (Wildman–Crippen LogP) is 0.426. The van der Waals surface area contributed by atoms with Crippen LogP contribution in [0.15, 0.2) is 59.8 Å². The Hall–Kier alpha value is -1.99. The molecule has 0 fully saturated rings. The summed E-state index contributed by atoms with van der Waals surface area (Å²) in [4.78, 5) is 0.242. The van der Waals surface area contributed by atoms with E-state index in [0.29, 0.717) is 5.56 Å². The molecule has 0 saturated carbocycles. The lowest BCUT2D eigenvalue weighted by molar-refractivity contribution is -0.856. The van der Waals surface area contributed by atoms with Crippen molar-refractivity contribution in [3.8, 4) is 0 Å². The average molecular weight is 295 g/mol.